The van der Waals surface area contributed by atoms with Crippen LogP contribution in [0.3, 0.4) is 0 Å². The van der Waals surface area contributed by atoms with Crippen LogP contribution in [0, 0.1) is 13.8 Å². The van der Waals surface area contributed by atoms with E-state index in [0.29, 0.717) is 0 Å². The molecule has 0 aliphatic carbocycles. The Morgan fingerprint density at radius 3 is 2.28 bits per heavy atom. The Morgan fingerprint density at radius 1 is 0.875 bits per heavy atom. The summed E-state index contributed by atoms with van der Waals surface area (Å²) in [5, 5.41) is 13.2. The zero-order chi connectivity index (χ0) is 22.7. The third-order valence-corrected chi connectivity index (χ3v) is 6.02. The van der Waals surface area contributed by atoms with Gasteiger partial charge in [0.25, 0.3) is 0 Å². The maximum Gasteiger partial charge on any atom is 0.160 e. The van der Waals surface area contributed by atoms with Crippen LogP contribution in [0.2, 0.25) is 0 Å². The van der Waals surface area contributed by atoms with E-state index in [4.69, 9.17) is 9.84 Å². The van der Waals surface area contributed by atoms with Crippen LogP contribution in [0.15, 0.2) is 66.7 Å². The molecule has 4 aromatic rings. The van der Waals surface area contributed by atoms with Gasteiger partial charge in [0.1, 0.15) is 0 Å². The van der Waals surface area contributed by atoms with E-state index in [2.05, 4.69) is 91.5 Å². The van der Waals surface area contributed by atoms with Crippen LogP contribution >= 0.6 is 0 Å². The van der Waals surface area contributed by atoms with Crippen LogP contribution in [0.25, 0.3) is 10.9 Å². The first-order chi connectivity index (χ1) is 15.4. The number of benzene rings is 3. The lowest BCUT2D eigenvalue weighted by molar-refractivity contribution is 0.0116. The van der Waals surface area contributed by atoms with E-state index in [1.54, 1.807) is 7.11 Å². The molecule has 4 rings (SSSR count). The number of ether oxygens (including phenoxy) is 1. The zero-order valence-electron chi connectivity index (χ0n) is 19.6. The van der Waals surface area contributed by atoms with Gasteiger partial charge in [0, 0.05) is 36.1 Å². The number of nitrogens with one attached hydrogen (secondary N) is 2. The summed E-state index contributed by atoms with van der Waals surface area (Å²) in [5.41, 5.74) is 6.50. The van der Waals surface area contributed by atoms with Crippen molar-refractivity contribution in [2.24, 2.45) is 0 Å². The first-order valence-electron chi connectivity index (χ1n) is 11.1. The van der Waals surface area contributed by atoms with E-state index in [1.165, 1.54) is 11.1 Å². The molecule has 5 heteroatoms. The van der Waals surface area contributed by atoms with E-state index in [1.807, 2.05) is 18.2 Å². The summed E-state index contributed by atoms with van der Waals surface area (Å²) < 4.78 is 7.72. The number of nitrogens with zero attached hydrogens (tertiary/aromatic N) is 2. The van der Waals surface area contributed by atoms with Crippen molar-refractivity contribution >= 4 is 33.8 Å². The van der Waals surface area contributed by atoms with Crippen LogP contribution in [0.1, 0.15) is 31.4 Å². The van der Waals surface area contributed by atoms with Gasteiger partial charge < -0.3 is 15.4 Å². The number of aromatic nitrogens is 2. The van der Waals surface area contributed by atoms with E-state index in [0.717, 1.165) is 46.7 Å². The first kappa shape index (κ1) is 21.9. The van der Waals surface area contributed by atoms with Crippen molar-refractivity contribution < 1.29 is 4.74 Å². The van der Waals surface area contributed by atoms with Gasteiger partial charge in [0.15, 0.2) is 5.82 Å². The number of para-hydroxylation sites is 2. The summed E-state index contributed by atoms with van der Waals surface area (Å²) >= 11 is 0. The second-order valence-corrected chi connectivity index (χ2v) is 8.90. The fraction of sp³-hybridized carbons (Fsp3) is 0.296. The SMILES string of the molecule is COC(C)(C)CCn1nc(Nc2c(C)cccc2C)c2ccc(Nc3ccccc3)cc21. The number of anilines is 4. The molecule has 2 N–H and O–H groups in total. The fourth-order valence-electron chi connectivity index (χ4n) is 3.81. The molecule has 0 fully saturated rings. The van der Waals surface area contributed by atoms with Gasteiger partial charge in [-0.3, -0.25) is 4.68 Å². The van der Waals surface area contributed by atoms with Crippen molar-refractivity contribution in [2.45, 2.75) is 46.3 Å². The summed E-state index contributed by atoms with van der Waals surface area (Å²) in [5.74, 6) is 0.874. The second kappa shape index (κ2) is 9.05. The van der Waals surface area contributed by atoms with Gasteiger partial charge in [0.05, 0.1) is 11.1 Å². The molecule has 0 spiro atoms. The molecule has 0 radical (unpaired) electrons. The number of hydrogen-bond donors (Lipinski definition) is 2. The Morgan fingerprint density at radius 2 is 1.59 bits per heavy atom. The van der Waals surface area contributed by atoms with Gasteiger partial charge in [-0.1, -0.05) is 36.4 Å². The lowest BCUT2D eigenvalue weighted by Gasteiger charge is -2.22. The zero-order valence-corrected chi connectivity index (χ0v) is 19.6. The average Bonchev–Trinajstić information content (AvgIpc) is 3.12. The highest BCUT2D eigenvalue weighted by molar-refractivity contribution is 5.94. The number of rotatable bonds is 8. The molecule has 3 aromatic carbocycles. The quantitative estimate of drug-likeness (QED) is 0.319. The molecule has 0 aliphatic heterocycles. The largest absolute Gasteiger partial charge is 0.379 e. The number of hydrogen-bond acceptors (Lipinski definition) is 4. The lowest BCUT2D eigenvalue weighted by Crippen LogP contribution is -2.24. The van der Waals surface area contributed by atoms with Crippen molar-refractivity contribution in [1.29, 1.82) is 0 Å². The van der Waals surface area contributed by atoms with E-state index in [9.17, 15) is 0 Å². The Balaban J connectivity index is 1.73. The minimum atomic E-state index is -0.210. The maximum absolute atomic E-state index is 5.64. The molecular formula is C27H32N4O. The molecule has 0 bridgehead atoms. The molecule has 0 aliphatic rings. The molecule has 0 atom stereocenters. The highest BCUT2D eigenvalue weighted by Crippen LogP contribution is 2.32. The molecule has 1 aromatic heterocycles. The molecule has 0 saturated carbocycles. The molecule has 0 amide bonds. The third kappa shape index (κ3) is 4.78. The van der Waals surface area contributed by atoms with Crippen LogP contribution < -0.4 is 10.6 Å². The Bertz CT molecular complexity index is 1190. The summed E-state index contributed by atoms with van der Waals surface area (Å²) in [6.45, 7) is 9.23. The van der Waals surface area contributed by atoms with Gasteiger partial charge in [-0.2, -0.15) is 5.10 Å². The van der Waals surface area contributed by atoms with E-state index in [-0.39, 0.29) is 5.60 Å². The normalized spacial score (nSPS) is 11.7. The minimum Gasteiger partial charge on any atom is -0.379 e. The number of aryl methyl sites for hydroxylation is 3. The topological polar surface area (TPSA) is 51.1 Å². The van der Waals surface area contributed by atoms with E-state index >= 15 is 0 Å². The number of methoxy groups -OCH3 is 1. The summed E-state index contributed by atoms with van der Waals surface area (Å²) in [4.78, 5) is 0. The van der Waals surface area contributed by atoms with Crippen LogP contribution in [-0.2, 0) is 11.3 Å². The summed E-state index contributed by atoms with van der Waals surface area (Å²) in [6.07, 6.45) is 0.861. The standard InChI is InChI=1S/C27H32N4O/c1-19-10-9-11-20(2)25(19)29-26-23-15-14-22(28-21-12-7-6-8-13-21)18-24(23)31(30-26)17-16-27(3,4)32-5/h6-15,18,28H,16-17H2,1-5H3,(H,29,30). The van der Waals surface area contributed by atoms with Gasteiger partial charge in [-0.15, -0.1) is 0 Å². The minimum absolute atomic E-state index is 0.210. The van der Waals surface area contributed by atoms with Gasteiger partial charge in [-0.05, 0) is 75.6 Å². The highest BCUT2D eigenvalue weighted by atomic mass is 16.5. The molecule has 5 nitrogen and oxygen atoms in total. The smallest absolute Gasteiger partial charge is 0.160 e. The van der Waals surface area contributed by atoms with Crippen molar-refractivity contribution in [3.8, 4) is 0 Å². The molecule has 166 valence electrons. The van der Waals surface area contributed by atoms with Crippen molar-refractivity contribution in [3.05, 3.63) is 77.9 Å². The Hall–Kier alpha value is -3.31. The van der Waals surface area contributed by atoms with Crippen LogP contribution in [0.5, 0.6) is 0 Å². The fourth-order valence-corrected chi connectivity index (χ4v) is 3.81. The molecule has 0 saturated heterocycles. The lowest BCUT2D eigenvalue weighted by atomic mass is 10.1. The Kier molecular flexibility index (Phi) is 6.19. The van der Waals surface area contributed by atoms with Gasteiger partial charge in [0.2, 0.25) is 0 Å². The molecule has 0 unspecified atom stereocenters. The van der Waals surface area contributed by atoms with Gasteiger partial charge in [-0.25, -0.2) is 0 Å². The molecular weight excluding hydrogens is 396 g/mol. The summed E-state index contributed by atoms with van der Waals surface area (Å²) in [6, 6.07) is 23.0. The van der Waals surface area contributed by atoms with Crippen molar-refractivity contribution in [2.75, 3.05) is 17.7 Å². The Labute approximate surface area is 190 Å². The second-order valence-electron chi connectivity index (χ2n) is 8.90. The maximum atomic E-state index is 5.64. The summed E-state index contributed by atoms with van der Waals surface area (Å²) in [7, 11) is 1.76. The molecule has 32 heavy (non-hydrogen) atoms. The number of fused-ring (bicyclic) bond motifs is 1. The highest BCUT2D eigenvalue weighted by Gasteiger charge is 2.19. The van der Waals surface area contributed by atoms with Gasteiger partial charge >= 0.3 is 0 Å². The third-order valence-electron chi connectivity index (χ3n) is 6.02. The predicted molar refractivity (Wildman–Crippen MR) is 134 cm³/mol. The van der Waals surface area contributed by atoms with Crippen LogP contribution in [-0.4, -0.2) is 22.5 Å². The van der Waals surface area contributed by atoms with E-state index < -0.39 is 0 Å². The predicted octanol–water partition coefficient (Wildman–Crippen LogP) is 6.96. The average molecular weight is 429 g/mol. The first-order valence-corrected chi connectivity index (χ1v) is 11.1. The van der Waals surface area contributed by atoms with Crippen LogP contribution in [0.4, 0.5) is 22.9 Å². The molecule has 1 heterocycles. The van der Waals surface area contributed by atoms with Crippen molar-refractivity contribution in [1.82, 2.24) is 9.78 Å². The van der Waals surface area contributed by atoms with Crippen molar-refractivity contribution in [3.63, 3.8) is 0 Å². The monoisotopic (exact) mass is 428 g/mol.